The number of carbonyl (C=O) groups excluding carboxylic acids is 2. The Bertz CT molecular complexity index is 701. The molecule has 1 fully saturated rings. The number of nitrogens with one attached hydrogen (secondary N) is 1. The molecule has 1 heterocycles. The second-order valence-corrected chi connectivity index (χ2v) is 5.93. The van der Waals surface area contributed by atoms with Gasteiger partial charge >= 0.3 is 0 Å². The van der Waals surface area contributed by atoms with Crippen LogP contribution in [0.4, 0.5) is 5.69 Å². The standard InChI is InChI=1S/C18H17ClN2O2/c19-14-8-6-13(7-9-14)10-11-20-16-12-17(22)21(18(16)23)15-4-2-1-3-5-15/h1-9,16,20H,10-12H2/t16-/m0/s1. The molecule has 2 amide bonds. The lowest BCUT2D eigenvalue weighted by Gasteiger charge is -2.15. The second-order valence-electron chi connectivity index (χ2n) is 5.49. The summed E-state index contributed by atoms with van der Waals surface area (Å²) in [5.74, 6) is -0.345. The van der Waals surface area contributed by atoms with Gasteiger partial charge in [0.1, 0.15) is 0 Å². The van der Waals surface area contributed by atoms with Gasteiger partial charge < -0.3 is 5.32 Å². The average Bonchev–Trinajstić information content (AvgIpc) is 2.84. The molecule has 0 saturated carbocycles. The Balaban J connectivity index is 1.58. The Hall–Kier alpha value is -2.17. The summed E-state index contributed by atoms with van der Waals surface area (Å²) in [6.07, 6.45) is 0.981. The molecule has 2 aromatic carbocycles. The number of rotatable bonds is 5. The SMILES string of the molecule is O=C1C[C@H](NCCc2ccc(Cl)cc2)C(=O)N1c1ccccc1. The fraction of sp³-hybridized carbons (Fsp3) is 0.222. The molecule has 0 aromatic heterocycles. The predicted molar refractivity (Wildman–Crippen MR) is 90.5 cm³/mol. The van der Waals surface area contributed by atoms with E-state index in [-0.39, 0.29) is 18.2 Å². The minimum Gasteiger partial charge on any atom is -0.305 e. The third-order valence-corrected chi connectivity index (χ3v) is 4.13. The normalized spacial score (nSPS) is 17.8. The van der Waals surface area contributed by atoms with Gasteiger partial charge in [0, 0.05) is 5.02 Å². The summed E-state index contributed by atoms with van der Waals surface area (Å²) >= 11 is 5.86. The molecule has 3 rings (SSSR count). The first kappa shape index (κ1) is 15.7. The first-order valence-electron chi connectivity index (χ1n) is 7.55. The molecule has 1 aliphatic heterocycles. The molecule has 5 heteroatoms. The van der Waals surface area contributed by atoms with E-state index in [1.807, 2.05) is 42.5 Å². The lowest BCUT2D eigenvalue weighted by Crippen LogP contribution is -2.39. The van der Waals surface area contributed by atoms with E-state index in [0.29, 0.717) is 17.3 Å². The Morgan fingerprint density at radius 1 is 1.04 bits per heavy atom. The Morgan fingerprint density at radius 3 is 2.43 bits per heavy atom. The monoisotopic (exact) mass is 328 g/mol. The van der Waals surface area contributed by atoms with E-state index in [1.165, 1.54) is 4.90 Å². The van der Waals surface area contributed by atoms with E-state index in [1.54, 1.807) is 12.1 Å². The highest BCUT2D eigenvalue weighted by atomic mass is 35.5. The molecule has 1 N–H and O–H groups in total. The molecule has 0 spiro atoms. The number of hydrogen-bond donors (Lipinski definition) is 1. The number of hydrogen-bond acceptors (Lipinski definition) is 3. The molecule has 1 aliphatic rings. The number of halogens is 1. The van der Waals surface area contributed by atoms with E-state index < -0.39 is 6.04 Å². The number of benzene rings is 2. The van der Waals surface area contributed by atoms with Crippen LogP contribution >= 0.6 is 11.6 Å². The molecule has 0 aliphatic carbocycles. The first-order valence-corrected chi connectivity index (χ1v) is 7.92. The van der Waals surface area contributed by atoms with E-state index in [0.717, 1.165) is 12.0 Å². The van der Waals surface area contributed by atoms with Crippen LogP contribution in [0.25, 0.3) is 0 Å². The average molecular weight is 329 g/mol. The van der Waals surface area contributed by atoms with Gasteiger partial charge in [-0.15, -0.1) is 0 Å². The van der Waals surface area contributed by atoms with Crippen molar-refractivity contribution in [2.24, 2.45) is 0 Å². The molecule has 4 nitrogen and oxygen atoms in total. The highest BCUT2D eigenvalue weighted by Gasteiger charge is 2.38. The minimum atomic E-state index is -0.449. The molecule has 0 unspecified atom stereocenters. The topological polar surface area (TPSA) is 49.4 Å². The molecule has 0 bridgehead atoms. The van der Waals surface area contributed by atoms with Crippen molar-refractivity contribution in [2.75, 3.05) is 11.4 Å². The lowest BCUT2D eigenvalue weighted by molar-refractivity contribution is -0.121. The zero-order valence-electron chi connectivity index (χ0n) is 12.5. The predicted octanol–water partition coefficient (Wildman–Crippen LogP) is 2.80. The molecule has 118 valence electrons. The van der Waals surface area contributed by atoms with Crippen LogP contribution in [0.2, 0.25) is 5.02 Å². The maximum Gasteiger partial charge on any atom is 0.251 e. The zero-order chi connectivity index (χ0) is 16.2. The van der Waals surface area contributed by atoms with Gasteiger partial charge in [0.05, 0.1) is 18.2 Å². The number of nitrogens with zero attached hydrogens (tertiary/aromatic N) is 1. The van der Waals surface area contributed by atoms with Gasteiger partial charge in [0.25, 0.3) is 5.91 Å². The van der Waals surface area contributed by atoms with Crippen LogP contribution in [0.5, 0.6) is 0 Å². The highest BCUT2D eigenvalue weighted by molar-refractivity contribution is 6.30. The van der Waals surface area contributed by atoms with E-state index >= 15 is 0 Å². The minimum absolute atomic E-state index is 0.162. The number of imide groups is 1. The van der Waals surface area contributed by atoms with Crippen LogP contribution < -0.4 is 10.2 Å². The molecule has 1 saturated heterocycles. The second kappa shape index (κ2) is 6.94. The Morgan fingerprint density at radius 2 is 1.74 bits per heavy atom. The van der Waals surface area contributed by atoms with Gasteiger partial charge in [-0.25, -0.2) is 4.90 Å². The highest BCUT2D eigenvalue weighted by Crippen LogP contribution is 2.22. The van der Waals surface area contributed by atoms with Crippen LogP contribution in [0, 0.1) is 0 Å². The van der Waals surface area contributed by atoms with Gasteiger partial charge in [0.2, 0.25) is 5.91 Å². The van der Waals surface area contributed by atoms with Crippen molar-refractivity contribution in [3.63, 3.8) is 0 Å². The summed E-state index contributed by atoms with van der Waals surface area (Å²) in [7, 11) is 0. The van der Waals surface area contributed by atoms with E-state index in [9.17, 15) is 9.59 Å². The van der Waals surface area contributed by atoms with Crippen LogP contribution in [-0.2, 0) is 16.0 Å². The maximum absolute atomic E-state index is 12.4. The smallest absolute Gasteiger partial charge is 0.251 e. The molecule has 0 radical (unpaired) electrons. The number of amides is 2. The van der Waals surface area contributed by atoms with Crippen LogP contribution in [-0.4, -0.2) is 24.4 Å². The quantitative estimate of drug-likeness (QED) is 0.859. The van der Waals surface area contributed by atoms with E-state index in [2.05, 4.69) is 5.32 Å². The maximum atomic E-state index is 12.4. The fourth-order valence-electron chi connectivity index (χ4n) is 2.68. The number of anilines is 1. The first-order chi connectivity index (χ1) is 11.1. The molecule has 2 aromatic rings. The molecular weight excluding hydrogens is 312 g/mol. The van der Waals surface area contributed by atoms with Crippen molar-refractivity contribution in [2.45, 2.75) is 18.9 Å². The summed E-state index contributed by atoms with van der Waals surface area (Å²) in [6.45, 7) is 0.633. The van der Waals surface area contributed by atoms with Gasteiger partial charge in [-0.3, -0.25) is 9.59 Å². The summed E-state index contributed by atoms with van der Waals surface area (Å²) < 4.78 is 0. The Kier molecular flexibility index (Phi) is 4.74. The molecule has 23 heavy (non-hydrogen) atoms. The third kappa shape index (κ3) is 3.60. The zero-order valence-corrected chi connectivity index (χ0v) is 13.3. The van der Waals surface area contributed by atoms with Gasteiger partial charge in [-0.2, -0.15) is 0 Å². The number of carbonyl (C=O) groups is 2. The number of para-hydroxylation sites is 1. The van der Waals surface area contributed by atoms with Crippen molar-refractivity contribution in [1.82, 2.24) is 5.32 Å². The fourth-order valence-corrected chi connectivity index (χ4v) is 2.81. The van der Waals surface area contributed by atoms with Crippen molar-refractivity contribution in [3.05, 3.63) is 65.2 Å². The van der Waals surface area contributed by atoms with Crippen molar-refractivity contribution in [1.29, 1.82) is 0 Å². The third-order valence-electron chi connectivity index (χ3n) is 3.88. The van der Waals surface area contributed by atoms with Crippen LogP contribution in [0.1, 0.15) is 12.0 Å². The summed E-state index contributed by atoms with van der Waals surface area (Å²) in [5.41, 5.74) is 1.77. The van der Waals surface area contributed by atoms with Crippen LogP contribution in [0.3, 0.4) is 0 Å². The summed E-state index contributed by atoms with van der Waals surface area (Å²) in [5, 5.41) is 3.88. The lowest BCUT2D eigenvalue weighted by atomic mass is 10.1. The largest absolute Gasteiger partial charge is 0.305 e. The van der Waals surface area contributed by atoms with E-state index in [4.69, 9.17) is 11.6 Å². The summed E-state index contributed by atoms with van der Waals surface area (Å²) in [6, 6.07) is 16.2. The van der Waals surface area contributed by atoms with Crippen molar-refractivity contribution >= 4 is 29.1 Å². The van der Waals surface area contributed by atoms with Gasteiger partial charge in [0.15, 0.2) is 0 Å². The van der Waals surface area contributed by atoms with Crippen LogP contribution in [0.15, 0.2) is 54.6 Å². The summed E-state index contributed by atoms with van der Waals surface area (Å²) in [4.78, 5) is 25.8. The van der Waals surface area contributed by atoms with Gasteiger partial charge in [-0.05, 0) is 42.8 Å². The Labute approximate surface area is 140 Å². The van der Waals surface area contributed by atoms with Gasteiger partial charge in [-0.1, -0.05) is 41.9 Å². The molecule has 1 atom stereocenters. The molecular formula is C18H17ClN2O2. The van der Waals surface area contributed by atoms with Crippen molar-refractivity contribution < 1.29 is 9.59 Å². The van der Waals surface area contributed by atoms with Crippen molar-refractivity contribution in [3.8, 4) is 0 Å².